The Hall–Kier alpha value is -0.120. The summed E-state index contributed by atoms with van der Waals surface area (Å²) in [6.45, 7) is 6.96. The van der Waals surface area contributed by atoms with Crippen molar-refractivity contribution in [3.63, 3.8) is 0 Å². The van der Waals surface area contributed by atoms with E-state index in [0.29, 0.717) is 5.54 Å². The van der Waals surface area contributed by atoms with E-state index in [1.54, 1.807) is 7.11 Å². The second-order valence-electron chi connectivity index (χ2n) is 6.45. The zero-order chi connectivity index (χ0) is 13.6. The first-order valence-corrected chi connectivity index (χ1v) is 8.28. The maximum absolute atomic E-state index is 5.16. The normalized spacial score (nSPS) is 27.8. The molecule has 0 aromatic rings. The summed E-state index contributed by atoms with van der Waals surface area (Å²) >= 11 is 0. The Labute approximate surface area is 119 Å². The number of unbranched alkanes of at least 4 members (excludes halogenated alkanes) is 1. The first-order valence-electron chi connectivity index (χ1n) is 8.28. The van der Waals surface area contributed by atoms with Crippen molar-refractivity contribution in [3.05, 3.63) is 0 Å². The van der Waals surface area contributed by atoms with E-state index in [1.807, 2.05) is 0 Å². The Morgan fingerprint density at radius 2 is 2.00 bits per heavy atom. The minimum absolute atomic E-state index is 0.450. The molecule has 19 heavy (non-hydrogen) atoms. The van der Waals surface area contributed by atoms with E-state index in [0.717, 1.165) is 12.6 Å². The molecule has 0 radical (unpaired) electrons. The van der Waals surface area contributed by atoms with E-state index >= 15 is 0 Å². The maximum atomic E-state index is 5.16. The number of hydrogen-bond donors (Lipinski definition) is 1. The molecule has 1 saturated carbocycles. The third kappa shape index (κ3) is 4.17. The van der Waals surface area contributed by atoms with E-state index in [9.17, 15) is 0 Å². The number of rotatable bonds is 6. The highest BCUT2D eigenvalue weighted by Gasteiger charge is 2.38. The molecule has 3 heteroatoms. The Morgan fingerprint density at radius 1 is 1.21 bits per heavy atom. The standard InChI is InChI=1S/C16H32N2O/c1-3-15-13-17-16(9-5-4-6-10-16)14-18(15)11-7-8-12-19-2/h15,17H,3-14H2,1-2H3. The topological polar surface area (TPSA) is 24.5 Å². The van der Waals surface area contributed by atoms with Gasteiger partial charge in [0.05, 0.1) is 0 Å². The second kappa shape index (κ2) is 7.61. The fourth-order valence-corrected chi connectivity index (χ4v) is 3.83. The van der Waals surface area contributed by atoms with E-state index in [1.165, 1.54) is 71.0 Å². The van der Waals surface area contributed by atoms with Gasteiger partial charge in [-0.3, -0.25) is 4.90 Å². The third-order valence-corrected chi connectivity index (χ3v) is 5.06. The minimum Gasteiger partial charge on any atom is -0.385 e. The predicted octanol–water partition coefficient (Wildman–Crippen LogP) is 2.80. The summed E-state index contributed by atoms with van der Waals surface area (Å²) in [5.41, 5.74) is 0.450. The summed E-state index contributed by atoms with van der Waals surface area (Å²) in [5.74, 6) is 0. The molecule has 0 amide bonds. The molecular weight excluding hydrogens is 236 g/mol. The van der Waals surface area contributed by atoms with Crippen LogP contribution in [0.25, 0.3) is 0 Å². The van der Waals surface area contributed by atoms with Crippen LogP contribution in [-0.4, -0.2) is 49.8 Å². The molecule has 3 nitrogen and oxygen atoms in total. The zero-order valence-electron chi connectivity index (χ0n) is 12.9. The average Bonchev–Trinajstić information content (AvgIpc) is 2.45. The molecule has 1 spiro atoms. The highest BCUT2D eigenvalue weighted by atomic mass is 16.5. The Kier molecular flexibility index (Phi) is 6.11. The lowest BCUT2D eigenvalue weighted by Gasteiger charge is -2.49. The number of ether oxygens (including phenoxy) is 1. The van der Waals surface area contributed by atoms with Crippen LogP contribution in [-0.2, 0) is 4.74 Å². The Morgan fingerprint density at radius 3 is 2.68 bits per heavy atom. The van der Waals surface area contributed by atoms with Gasteiger partial charge in [0, 0.05) is 38.4 Å². The van der Waals surface area contributed by atoms with Gasteiger partial charge < -0.3 is 10.1 Å². The molecule has 2 fully saturated rings. The van der Waals surface area contributed by atoms with Gasteiger partial charge in [0.15, 0.2) is 0 Å². The number of hydrogen-bond acceptors (Lipinski definition) is 3. The summed E-state index contributed by atoms with van der Waals surface area (Å²) in [6.07, 6.45) is 10.8. The molecule has 1 atom stereocenters. The van der Waals surface area contributed by atoms with Gasteiger partial charge in [-0.15, -0.1) is 0 Å². The van der Waals surface area contributed by atoms with Crippen LogP contribution >= 0.6 is 0 Å². The summed E-state index contributed by atoms with van der Waals surface area (Å²) in [4.78, 5) is 2.76. The molecule has 0 aromatic carbocycles. The lowest BCUT2D eigenvalue weighted by molar-refractivity contribution is 0.0512. The monoisotopic (exact) mass is 268 g/mol. The maximum Gasteiger partial charge on any atom is 0.0462 e. The van der Waals surface area contributed by atoms with E-state index in [2.05, 4.69) is 17.1 Å². The van der Waals surface area contributed by atoms with Crippen molar-refractivity contribution >= 4 is 0 Å². The average molecular weight is 268 g/mol. The molecule has 0 bridgehead atoms. The highest BCUT2D eigenvalue weighted by molar-refractivity contribution is 4.99. The van der Waals surface area contributed by atoms with Crippen molar-refractivity contribution in [1.29, 1.82) is 0 Å². The van der Waals surface area contributed by atoms with Crippen LogP contribution < -0.4 is 5.32 Å². The van der Waals surface area contributed by atoms with Crippen LogP contribution in [0.5, 0.6) is 0 Å². The molecule has 112 valence electrons. The van der Waals surface area contributed by atoms with Gasteiger partial charge in [0.25, 0.3) is 0 Å². The quantitative estimate of drug-likeness (QED) is 0.750. The van der Waals surface area contributed by atoms with Crippen molar-refractivity contribution in [2.45, 2.75) is 69.9 Å². The van der Waals surface area contributed by atoms with Crippen LogP contribution in [0.1, 0.15) is 58.3 Å². The second-order valence-corrected chi connectivity index (χ2v) is 6.45. The molecule has 1 N–H and O–H groups in total. The van der Waals surface area contributed by atoms with E-state index in [4.69, 9.17) is 4.74 Å². The number of piperazine rings is 1. The summed E-state index contributed by atoms with van der Waals surface area (Å²) in [6, 6.07) is 0.745. The van der Waals surface area contributed by atoms with Gasteiger partial charge in [-0.05, 0) is 38.6 Å². The van der Waals surface area contributed by atoms with Crippen LogP contribution in [0.3, 0.4) is 0 Å². The van der Waals surface area contributed by atoms with Gasteiger partial charge in [-0.1, -0.05) is 26.2 Å². The molecular formula is C16H32N2O. The molecule has 1 aliphatic carbocycles. The highest BCUT2D eigenvalue weighted by Crippen LogP contribution is 2.32. The van der Waals surface area contributed by atoms with Crippen LogP contribution in [0, 0.1) is 0 Å². The van der Waals surface area contributed by atoms with Crippen molar-refractivity contribution in [1.82, 2.24) is 10.2 Å². The first-order chi connectivity index (χ1) is 9.29. The van der Waals surface area contributed by atoms with Crippen molar-refractivity contribution in [2.75, 3.05) is 33.4 Å². The van der Waals surface area contributed by atoms with Crippen LogP contribution in [0.2, 0.25) is 0 Å². The van der Waals surface area contributed by atoms with Gasteiger partial charge in [0.1, 0.15) is 0 Å². The van der Waals surface area contributed by atoms with Gasteiger partial charge in [-0.25, -0.2) is 0 Å². The molecule has 1 unspecified atom stereocenters. The van der Waals surface area contributed by atoms with Crippen molar-refractivity contribution < 1.29 is 4.74 Å². The largest absolute Gasteiger partial charge is 0.385 e. The van der Waals surface area contributed by atoms with Crippen LogP contribution in [0.4, 0.5) is 0 Å². The Balaban J connectivity index is 1.85. The lowest BCUT2D eigenvalue weighted by atomic mass is 9.79. The van der Waals surface area contributed by atoms with Crippen molar-refractivity contribution in [2.24, 2.45) is 0 Å². The molecule has 1 heterocycles. The molecule has 2 aliphatic rings. The molecule has 2 rings (SSSR count). The number of nitrogens with one attached hydrogen (secondary N) is 1. The van der Waals surface area contributed by atoms with Gasteiger partial charge >= 0.3 is 0 Å². The first kappa shape index (κ1) is 15.3. The van der Waals surface area contributed by atoms with Gasteiger partial charge in [-0.2, -0.15) is 0 Å². The molecule has 1 saturated heterocycles. The minimum atomic E-state index is 0.450. The fourth-order valence-electron chi connectivity index (χ4n) is 3.83. The van der Waals surface area contributed by atoms with Gasteiger partial charge in [0.2, 0.25) is 0 Å². The summed E-state index contributed by atoms with van der Waals surface area (Å²) < 4.78 is 5.16. The van der Waals surface area contributed by atoms with E-state index < -0.39 is 0 Å². The predicted molar refractivity (Wildman–Crippen MR) is 80.6 cm³/mol. The Bertz CT molecular complexity index is 251. The fraction of sp³-hybridized carbons (Fsp3) is 1.00. The number of methoxy groups -OCH3 is 1. The SMILES string of the molecule is CCC1CNC2(CCCCC2)CN1CCCCOC. The third-order valence-electron chi connectivity index (χ3n) is 5.06. The molecule has 1 aliphatic heterocycles. The smallest absolute Gasteiger partial charge is 0.0462 e. The molecule has 0 aromatic heterocycles. The van der Waals surface area contributed by atoms with Crippen molar-refractivity contribution in [3.8, 4) is 0 Å². The lowest BCUT2D eigenvalue weighted by Crippen LogP contribution is -2.64. The van der Waals surface area contributed by atoms with E-state index in [-0.39, 0.29) is 0 Å². The summed E-state index contributed by atoms with van der Waals surface area (Å²) in [5, 5.41) is 3.90. The summed E-state index contributed by atoms with van der Waals surface area (Å²) in [7, 11) is 1.80. The number of nitrogens with zero attached hydrogens (tertiary/aromatic N) is 1. The zero-order valence-corrected chi connectivity index (χ0v) is 12.9. The van der Waals surface area contributed by atoms with Crippen LogP contribution in [0.15, 0.2) is 0 Å².